The second kappa shape index (κ2) is 8.67. The van der Waals surface area contributed by atoms with Crippen LogP contribution in [0.25, 0.3) is 0 Å². The summed E-state index contributed by atoms with van der Waals surface area (Å²) in [5.74, 6) is -1.24. The lowest BCUT2D eigenvalue weighted by molar-refractivity contribution is -0.222. The maximum atomic E-state index is 13.5. The van der Waals surface area contributed by atoms with Crippen molar-refractivity contribution in [3.63, 3.8) is 0 Å². The summed E-state index contributed by atoms with van der Waals surface area (Å²) >= 11 is 0. The zero-order chi connectivity index (χ0) is 19.1. The maximum Gasteiger partial charge on any atom is 0.402 e. The van der Waals surface area contributed by atoms with Crippen LogP contribution in [-0.2, 0) is 15.3 Å². The summed E-state index contributed by atoms with van der Waals surface area (Å²) in [5, 5.41) is 13.1. The van der Waals surface area contributed by atoms with Crippen LogP contribution in [0.3, 0.4) is 0 Å². The summed E-state index contributed by atoms with van der Waals surface area (Å²) in [7, 11) is 1.41. The highest BCUT2D eigenvalue weighted by molar-refractivity contribution is 5.83. The van der Waals surface area contributed by atoms with Gasteiger partial charge in [-0.25, -0.2) is 0 Å². The number of ether oxygens (including phenoxy) is 1. The zero-order valence-electron chi connectivity index (χ0n) is 14.8. The van der Waals surface area contributed by atoms with Crippen LogP contribution in [0.5, 0.6) is 0 Å². The molecule has 0 bridgehead atoms. The third-order valence-electron chi connectivity index (χ3n) is 4.40. The number of hydrogen-bond donors (Lipinski definition) is 2. The van der Waals surface area contributed by atoms with Gasteiger partial charge in [0.05, 0.1) is 6.61 Å². The van der Waals surface area contributed by atoms with Crippen LogP contribution in [0.2, 0.25) is 0 Å². The lowest BCUT2D eigenvalue weighted by Crippen LogP contribution is -2.56. The van der Waals surface area contributed by atoms with E-state index in [0.717, 1.165) is 6.92 Å². The fourth-order valence-electron chi connectivity index (χ4n) is 2.48. The van der Waals surface area contributed by atoms with Crippen molar-refractivity contribution in [2.24, 2.45) is 5.41 Å². The monoisotopic (exact) mass is 361 g/mol. The van der Waals surface area contributed by atoms with Crippen molar-refractivity contribution in [2.75, 3.05) is 13.7 Å². The number of hydrogen-bond acceptors (Lipinski definition) is 3. The molecule has 0 fully saturated rings. The normalized spacial score (nSPS) is 16.8. The highest BCUT2D eigenvalue weighted by atomic mass is 19.4. The minimum Gasteiger partial charge on any atom is -0.384 e. The van der Waals surface area contributed by atoms with Gasteiger partial charge in [-0.3, -0.25) is 4.79 Å². The molecule has 0 saturated carbocycles. The lowest BCUT2D eigenvalue weighted by Gasteiger charge is -2.36. The van der Waals surface area contributed by atoms with E-state index < -0.39 is 23.2 Å². The largest absolute Gasteiger partial charge is 0.402 e. The molecule has 0 aliphatic carbocycles. The number of aliphatic hydroxyl groups is 1. The summed E-state index contributed by atoms with van der Waals surface area (Å²) in [6.45, 7) is 2.71. The van der Waals surface area contributed by atoms with Gasteiger partial charge in [0.25, 0.3) is 0 Å². The van der Waals surface area contributed by atoms with Gasteiger partial charge in [-0.15, -0.1) is 0 Å². The highest BCUT2D eigenvalue weighted by Gasteiger charge is 2.57. The molecule has 0 aliphatic rings. The standard InChI is InChI=1S/C18H26F3NO3/c1-4-5-11-16(2,18(19,20)21)15(23)22-17(24,12-13-25-3)14-9-7-6-8-10-14/h6-10,24H,4-5,11-13H2,1-3H3,(H,22,23)/t16-,17+/m1/s1. The molecular formula is C18H26F3NO3. The second-order valence-electron chi connectivity index (χ2n) is 6.36. The van der Waals surface area contributed by atoms with Crippen LogP contribution in [0.1, 0.15) is 45.1 Å². The Labute approximate surface area is 146 Å². The van der Waals surface area contributed by atoms with Crippen LogP contribution in [0.4, 0.5) is 13.2 Å². The maximum absolute atomic E-state index is 13.5. The molecule has 1 rings (SSSR count). The number of nitrogens with one attached hydrogen (secondary N) is 1. The Morgan fingerprint density at radius 1 is 1.20 bits per heavy atom. The molecule has 1 aromatic carbocycles. The number of halogens is 3. The van der Waals surface area contributed by atoms with Crippen molar-refractivity contribution >= 4 is 5.91 Å². The van der Waals surface area contributed by atoms with E-state index in [2.05, 4.69) is 5.32 Å². The van der Waals surface area contributed by atoms with Gasteiger partial charge in [0, 0.05) is 19.1 Å². The minimum atomic E-state index is -4.72. The number of methoxy groups -OCH3 is 1. The summed E-state index contributed by atoms with van der Waals surface area (Å²) in [6, 6.07) is 8.08. The van der Waals surface area contributed by atoms with Crippen molar-refractivity contribution in [3.8, 4) is 0 Å². The van der Waals surface area contributed by atoms with E-state index in [9.17, 15) is 23.1 Å². The van der Waals surface area contributed by atoms with E-state index in [1.165, 1.54) is 7.11 Å². The summed E-state index contributed by atoms with van der Waals surface area (Å²) in [4.78, 5) is 12.5. The van der Waals surface area contributed by atoms with E-state index in [4.69, 9.17) is 4.74 Å². The number of alkyl halides is 3. The lowest BCUT2D eigenvalue weighted by atomic mass is 9.82. The fourth-order valence-corrected chi connectivity index (χ4v) is 2.48. The Kier molecular flexibility index (Phi) is 7.44. The average molecular weight is 361 g/mol. The first-order valence-corrected chi connectivity index (χ1v) is 8.27. The van der Waals surface area contributed by atoms with E-state index in [1.54, 1.807) is 37.3 Å². The second-order valence-corrected chi connectivity index (χ2v) is 6.36. The molecule has 0 saturated heterocycles. The van der Waals surface area contributed by atoms with Gasteiger partial charge in [-0.2, -0.15) is 13.2 Å². The van der Waals surface area contributed by atoms with E-state index in [1.807, 2.05) is 0 Å². The molecule has 142 valence electrons. The Hall–Kier alpha value is -1.60. The Balaban J connectivity index is 3.15. The summed E-state index contributed by atoms with van der Waals surface area (Å²) < 4.78 is 45.5. The predicted molar refractivity (Wildman–Crippen MR) is 88.7 cm³/mol. The average Bonchev–Trinajstić information content (AvgIpc) is 2.57. The van der Waals surface area contributed by atoms with Crippen LogP contribution in [-0.4, -0.2) is 30.9 Å². The van der Waals surface area contributed by atoms with Gasteiger partial charge in [0.1, 0.15) is 5.41 Å². The van der Waals surface area contributed by atoms with Gasteiger partial charge in [0.15, 0.2) is 5.72 Å². The molecule has 2 atom stereocenters. The molecule has 4 nitrogen and oxygen atoms in total. The molecule has 0 heterocycles. The van der Waals surface area contributed by atoms with Gasteiger partial charge >= 0.3 is 6.18 Å². The minimum absolute atomic E-state index is 0.0685. The number of carbonyl (C=O) groups excluding carboxylic acids is 1. The van der Waals surface area contributed by atoms with Crippen LogP contribution in [0.15, 0.2) is 30.3 Å². The third-order valence-corrected chi connectivity index (χ3v) is 4.40. The van der Waals surface area contributed by atoms with Crippen LogP contribution >= 0.6 is 0 Å². The molecule has 2 N–H and O–H groups in total. The first kappa shape index (κ1) is 21.4. The molecule has 1 amide bonds. The molecule has 0 radical (unpaired) electrons. The first-order valence-electron chi connectivity index (χ1n) is 8.27. The molecule has 7 heteroatoms. The van der Waals surface area contributed by atoms with Crippen molar-refractivity contribution in [1.82, 2.24) is 5.32 Å². The molecule has 1 aromatic rings. The number of benzene rings is 1. The topological polar surface area (TPSA) is 58.6 Å². The number of rotatable bonds is 9. The van der Waals surface area contributed by atoms with E-state index in [-0.39, 0.29) is 25.9 Å². The molecule has 25 heavy (non-hydrogen) atoms. The fraction of sp³-hybridized carbons (Fsp3) is 0.611. The van der Waals surface area contributed by atoms with Gasteiger partial charge in [0.2, 0.25) is 5.91 Å². The van der Waals surface area contributed by atoms with Gasteiger partial charge in [-0.1, -0.05) is 50.1 Å². The van der Waals surface area contributed by atoms with Gasteiger partial charge in [-0.05, 0) is 13.3 Å². The highest BCUT2D eigenvalue weighted by Crippen LogP contribution is 2.43. The number of carbonyl (C=O) groups is 1. The summed E-state index contributed by atoms with van der Waals surface area (Å²) in [6.07, 6.45) is -4.34. The predicted octanol–water partition coefficient (Wildman–Crippen LogP) is 3.74. The molecule has 0 spiro atoms. The van der Waals surface area contributed by atoms with Crippen molar-refractivity contribution in [1.29, 1.82) is 0 Å². The molecule has 0 unspecified atom stereocenters. The molecule has 0 aromatic heterocycles. The number of unbranched alkanes of at least 4 members (excludes halogenated alkanes) is 1. The van der Waals surface area contributed by atoms with Crippen molar-refractivity contribution in [2.45, 2.75) is 51.4 Å². The van der Waals surface area contributed by atoms with Crippen molar-refractivity contribution in [3.05, 3.63) is 35.9 Å². The smallest absolute Gasteiger partial charge is 0.384 e. The summed E-state index contributed by atoms with van der Waals surface area (Å²) in [5.41, 5.74) is -4.20. The number of amides is 1. The van der Waals surface area contributed by atoms with E-state index in [0.29, 0.717) is 12.0 Å². The Bertz CT molecular complexity index is 550. The third kappa shape index (κ3) is 5.19. The van der Waals surface area contributed by atoms with E-state index >= 15 is 0 Å². The van der Waals surface area contributed by atoms with Crippen molar-refractivity contribution < 1.29 is 27.8 Å². The quantitative estimate of drug-likeness (QED) is 0.659. The molecule has 0 aliphatic heterocycles. The van der Waals surface area contributed by atoms with Gasteiger partial charge < -0.3 is 15.2 Å². The Morgan fingerprint density at radius 3 is 2.28 bits per heavy atom. The molecular weight excluding hydrogens is 335 g/mol. The van der Waals surface area contributed by atoms with Crippen LogP contribution in [0, 0.1) is 5.41 Å². The van der Waals surface area contributed by atoms with Crippen LogP contribution < -0.4 is 5.32 Å². The zero-order valence-corrected chi connectivity index (χ0v) is 14.8. The SMILES string of the molecule is CCCC[C@](C)(C(=O)N[C@](O)(CCOC)c1ccccc1)C(F)(F)F. The first-order chi connectivity index (χ1) is 11.6. The Morgan fingerprint density at radius 2 is 1.80 bits per heavy atom.